The zero-order chi connectivity index (χ0) is 13.7. The van der Waals surface area contributed by atoms with Crippen LogP contribution in [-0.4, -0.2) is 48.7 Å². The number of carboxylic acid groups (broad SMARTS) is 1. The number of amides is 1. The molecule has 0 radical (unpaired) electrons. The third kappa shape index (κ3) is 3.45. The van der Waals surface area contributed by atoms with E-state index in [4.69, 9.17) is 4.74 Å². The number of methoxy groups -OCH3 is 1. The van der Waals surface area contributed by atoms with E-state index in [1.807, 2.05) is 13.8 Å². The number of hydrogen-bond donors (Lipinski definition) is 1. The summed E-state index contributed by atoms with van der Waals surface area (Å²) in [6.07, 6.45) is 1.28. The van der Waals surface area contributed by atoms with E-state index in [9.17, 15) is 14.7 Å². The number of hydrogen-bond acceptors (Lipinski definition) is 3. The second kappa shape index (κ2) is 6.73. The number of carbonyl (C=O) groups is 2. The Morgan fingerprint density at radius 3 is 2.44 bits per heavy atom. The van der Waals surface area contributed by atoms with Gasteiger partial charge in [0.2, 0.25) is 5.91 Å². The molecular formula is C13H23NO4. The minimum Gasteiger partial charge on any atom is -0.481 e. The quantitative estimate of drug-likeness (QED) is 0.777. The van der Waals surface area contributed by atoms with Crippen LogP contribution in [0, 0.1) is 17.8 Å². The van der Waals surface area contributed by atoms with Crippen LogP contribution < -0.4 is 0 Å². The van der Waals surface area contributed by atoms with Crippen LogP contribution in [0.1, 0.15) is 26.7 Å². The van der Waals surface area contributed by atoms with Crippen LogP contribution in [0.25, 0.3) is 0 Å². The van der Waals surface area contributed by atoms with Gasteiger partial charge in [0.25, 0.3) is 0 Å². The van der Waals surface area contributed by atoms with Crippen LogP contribution in [0.15, 0.2) is 0 Å². The molecule has 0 spiro atoms. The first-order valence-electron chi connectivity index (χ1n) is 6.51. The maximum Gasteiger partial charge on any atom is 0.307 e. The van der Waals surface area contributed by atoms with Crippen molar-refractivity contribution in [1.82, 2.24) is 4.90 Å². The average Bonchev–Trinajstić information content (AvgIpc) is 2.72. The Kier molecular flexibility index (Phi) is 5.59. The fourth-order valence-electron chi connectivity index (χ4n) is 2.70. The van der Waals surface area contributed by atoms with Gasteiger partial charge in [-0.25, -0.2) is 0 Å². The van der Waals surface area contributed by atoms with Crippen LogP contribution in [0.5, 0.6) is 0 Å². The summed E-state index contributed by atoms with van der Waals surface area (Å²) >= 11 is 0. The molecule has 1 amide bonds. The number of nitrogens with zero attached hydrogens (tertiary/aromatic N) is 1. The third-order valence-electron chi connectivity index (χ3n) is 3.69. The van der Waals surface area contributed by atoms with E-state index in [2.05, 4.69) is 0 Å². The molecular weight excluding hydrogens is 234 g/mol. The number of likely N-dealkylation sites (N-methyl/N-ethyl adjacent to an activating group) is 1. The van der Waals surface area contributed by atoms with Gasteiger partial charge in [-0.2, -0.15) is 0 Å². The summed E-state index contributed by atoms with van der Waals surface area (Å²) < 4.78 is 4.97. The Morgan fingerprint density at radius 2 is 1.94 bits per heavy atom. The number of ether oxygens (including phenoxy) is 1. The third-order valence-corrected chi connectivity index (χ3v) is 3.69. The molecule has 1 saturated carbocycles. The van der Waals surface area contributed by atoms with E-state index >= 15 is 0 Å². The molecule has 5 heteroatoms. The predicted molar refractivity (Wildman–Crippen MR) is 67.1 cm³/mol. The molecule has 0 heterocycles. The molecule has 0 aromatic rings. The first kappa shape index (κ1) is 15.0. The van der Waals surface area contributed by atoms with Crippen molar-refractivity contribution in [1.29, 1.82) is 0 Å². The Balaban J connectivity index is 2.70. The van der Waals surface area contributed by atoms with Gasteiger partial charge >= 0.3 is 5.97 Å². The van der Waals surface area contributed by atoms with Crippen molar-refractivity contribution in [3.05, 3.63) is 0 Å². The van der Waals surface area contributed by atoms with Crippen LogP contribution in [0.4, 0.5) is 0 Å². The van der Waals surface area contributed by atoms with Crippen LogP contribution in [0.3, 0.4) is 0 Å². The summed E-state index contributed by atoms with van der Waals surface area (Å²) in [6, 6.07) is 0. The average molecular weight is 257 g/mol. The monoisotopic (exact) mass is 257 g/mol. The zero-order valence-corrected chi connectivity index (χ0v) is 11.4. The van der Waals surface area contributed by atoms with Gasteiger partial charge in [0, 0.05) is 20.2 Å². The fourth-order valence-corrected chi connectivity index (χ4v) is 2.70. The van der Waals surface area contributed by atoms with Crippen molar-refractivity contribution in [3.63, 3.8) is 0 Å². The SMILES string of the molecule is CCN(CCOC)C(=O)C1CC(C)CC1C(=O)O. The van der Waals surface area contributed by atoms with Gasteiger partial charge in [0.15, 0.2) is 0 Å². The topological polar surface area (TPSA) is 66.8 Å². The number of rotatable bonds is 6. The summed E-state index contributed by atoms with van der Waals surface area (Å²) in [4.78, 5) is 25.2. The predicted octanol–water partition coefficient (Wildman–Crippen LogP) is 1.23. The van der Waals surface area contributed by atoms with Crippen LogP contribution in [0.2, 0.25) is 0 Å². The van der Waals surface area contributed by atoms with Gasteiger partial charge in [-0.05, 0) is 25.7 Å². The Morgan fingerprint density at radius 1 is 1.33 bits per heavy atom. The van der Waals surface area contributed by atoms with Crippen molar-refractivity contribution in [2.75, 3.05) is 26.8 Å². The smallest absolute Gasteiger partial charge is 0.307 e. The Labute approximate surface area is 108 Å². The lowest BCUT2D eigenvalue weighted by atomic mass is 9.94. The van der Waals surface area contributed by atoms with Gasteiger partial charge in [0.05, 0.1) is 18.4 Å². The summed E-state index contributed by atoms with van der Waals surface area (Å²) in [5.41, 5.74) is 0. The normalized spacial score (nSPS) is 27.2. The molecule has 1 N–H and O–H groups in total. The van der Waals surface area contributed by atoms with Crippen LogP contribution in [-0.2, 0) is 14.3 Å². The summed E-state index contributed by atoms with van der Waals surface area (Å²) in [5.74, 6) is -1.47. The van der Waals surface area contributed by atoms with Crippen molar-refractivity contribution >= 4 is 11.9 Å². The van der Waals surface area contributed by atoms with Crippen molar-refractivity contribution in [2.24, 2.45) is 17.8 Å². The standard InChI is InChI=1S/C13H23NO4/c1-4-14(5-6-18-3)12(15)10-7-9(2)8-11(10)13(16)17/h9-11H,4-8H2,1-3H3,(H,16,17). The lowest BCUT2D eigenvalue weighted by Crippen LogP contribution is -2.40. The molecule has 1 aliphatic carbocycles. The lowest BCUT2D eigenvalue weighted by molar-refractivity contribution is -0.149. The molecule has 104 valence electrons. The first-order chi connectivity index (χ1) is 8.51. The minimum atomic E-state index is -0.847. The van der Waals surface area contributed by atoms with E-state index in [-0.39, 0.29) is 11.8 Å². The molecule has 0 aromatic heterocycles. The molecule has 3 unspecified atom stereocenters. The largest absolute Gasteiger partial charge is 0.481 e. The van der Waals surface area contributed by atoms with Gasteiger partial charge in [-0.3, -0.25) is 9.59 Å². The molecule has 5 nitrogen and oxygen atoms in total. The first-order valence-corrected chi connectivity index (χ1v) is 6.51. The maximum absolute atomic E-state index is 12.3. The van der Waals surface area contributed by atoms with Crippen LogP contribution >= 0.6 is 0 Å². The number of carbonyl (C=O) groups excluding carboxylic acids is 1. The summed E-state index contributed by atoms with van der Waals surface area (Å²) in [5, 5.41) is 9.19. The van der Waals surface area contributed by atoms with Gasteiger partial charge in [-0.1, -0.05) is 6.92 Å². The van der Waals surface area contributed by atoms with E-state index in [0.29, 0.717) is 38.5 Å². The molecule has 0 bridgehead atoms. The van der Waals surface area contributed by atoms with Crippen molar-refractivity contribution < 1.29 is 19.4 Å². The summed E-state index contributed by atoms with van der Waals surface area (Å²) in [6.45, 7) is 5.53. The minimum absolute atomic E-state index is 0.0358. The highest BCUT2D eigenvalue weighted by molar-refractivity contribution is 5.85. The van der Waals surface area contributed by atoms with Crippen molar-refractivity contribution in [2.45, 2.75) is 26.7 Å². The van der Waals surface area contributed by atoms with Gasteiger partial charge in [-0.15, -0.1) is 0 Å². The Bertz CT molecular complexity index is 305. The van der Waals surface area contributed by atoms with E-state index < -0.39 is 11.9 Å². The Hall–Kier alpha value is -1.10. The number of carboxylic acids is 1. The molecule has 1 fully saturated rings. The van der Waals surface area contributed by atoms with Gasteiger partial charge < -0.3 is 14.7 Å². The van der Waals surface area contributed by atoms with E-state index in [0.717, 1.165) is 0 Å². The second-order valence-corrected chi connectivity index (χ2v) is 5.04. The van der Waals surface area contributed by atoms with E-state index in [1.165, 1.54) is 0 Å². The molecule has 1 aliphatic rings. The highest BCUT2D eigenvalue weighted by atomic mass is 16.5. The molecule has 0 aromatic carbocycles. The maximum atomic E-state index is 12.3. The van der Waals surface area contributed by atoms with Crippen molar-refractivity contribution in [3.8, 4) is 0 Å². The summed E-state index contributed by atoms with van der Waals surface area (Å²) in [7, 11) is 1.59. The highest BCUT2D eigenvalue weighted by Crippen LogP contribution is 2.37. The fraction of sp³-hybridized carbons (Fsp3) is 0.846. The van der Waals surface area contributed by atoms with Gasteiger partial charge in [0.1, 0.15) is 0 Å². The molecule has 1 rings (SSSR count). The highest BCUT2D eigenvalue weighted by Gasteiger charge is 2.42. The molecule has 3 atom stereocenters. The van der Waals surface area contributed by atoms with E-state index in [1.54, 1.807) is 12.0 Å². The second-order valence-electron chi connectivity index (χ2n) is 5.04. The lowest BCUT2D eigenvalue weighted by Gasteiger charge is -2.25. The molecule has 18 heavy (non-hydrogen) atoms. The number of aliphatic carboxylic acids is 1. The molecule has 0 aliphatic heterocycles. The molecule has 0 saturated heterocycles. The zero-order valence-electron chi connectivity index (χ0n) is 11.4.